The Kier molecular flexibility index (Phi) is 9.32. The molecule has 1 aliphatic carbocycles. The van der Waals surface area contributed by atoms with Crippen molar-refractivity contribution in [2.45, 2.75) is 51.2 Å². The average molecular weight is 561 g/mol. The Morgan fingerprint density at radius 2 is 1.74 bits per heavy atom. The van der Waals surface area contributed by atoms with Crippen molar-refractivity contribution in [2.75, 3.05) is 17.1 Å². The summed E-state index contributed by atoms with van der Waals surface area (Å²) in [5, 5.41) is 3.67. The number of benzene rings is 2. The molecule has 2 aromatic rings. The molecule has 1 atom stereocenters. The molecule has 190 valence electrons. The van der Waals surface area contributed by atoms with Crippen LogP contribution in [0.1, 0.15) is 38.2 Å². The van der Waals surface area contributed by atoms with Gasteiger partial charge >= 0.3 is 0 Å². The van der Waals surface area contributed by atoms with E-state index in [0.29, 0.717) is 10.6 Å². The third-order valence-electron chi connectivity index (χ3n) is 5.99. The number of carbonyl (C=O) groups is 2. The van der Waals surface area contributed by atoms with Crippen LogP contribution in [0.15, 0.2) is 42.5 Å². The first kappa shape index (κ1) is 27.6. The second kappa shape index (κ2) is 11.8. The Labute approximate surface area is 221 Å². The van der Waals surface area contributed by atoms with Crippen molar-refractivity contribution in [1.29, 1.82) is 0 Å². The maximum atomic E-state index is 13.6. The summed E-state index contributed by atoms with van der Waals surface area (Å²) in [7, 11) is -3.91. The number of sulfonamides is 1. The highest BCUT2D eigenvalue weighted by molar-refractivity contribution is 7.92. The van der Waals surface area contributed by atoms with E-state index in [2.05, 4.69) is 5.32 Å². The molecule has 0 bridgehead atoms. The Bertz CT molecular complexity index is 1190. The van der Waals surface area contributed by atoms with Crippen LogP contribution in [0.3, 0.4) is 0 Å². The van der Waals surface area contributed by atoms with Gasteiger partial charge in [-0.15, -0.1) is 0 Å². The van der Waals surface area contributed by atoms with Crippen LogP contribution in [0, 0.1) is 0 Å². The summed E-state index contributed by atoms with van der Waals surface area (Å²) in [5.41, 5.74) is 0.791. The Hall–Kier alpha value is -2.00. The monoisotopic (exact) mass is 559 g/mol. The van der Waals surface area contributed by atoms with Gasteiger partial charge in [0, 0.05) is 17.6 Å². The standard InChI is InChI=1S/C24H28Cl3N3O4S/c1-16(24(32)28-19-9-3-4-10-19)29(14-17-7-5-8-18(25)13-17)22(31)15-30(35(2,33)34)21-12-6-11-20(26)23(21)27/h5-8,11-13,16,19H,3-4,9-10,14-15H2,1-2H3,(H,28,32). The van der Waals surface area contributed by atoms with Crippen LogP contribution < -0.4 is 9.62 Å². The van der Waals surface area contributed by atoms with Gasteiger partial charge in [0.15, 0.2) is 0 Å². The van der Waals surface area contributed by atoms with E-state index in [1.54, 1.807) is 37.3 Å². The fraction of sp³-hybridized carbons (Fsp3) is 0.417. The first-order chi connectivity index (χ1) is 16.5. The molecule has 0 aliphatic heterocycles. The molecule has 0 radical (unpaired) electrons. The minimum atomic E-state index is -3.91. The van der Waals surface area contributed by atoms with Crippen molar-refractivity contribution in [1.82, 2.24) is 10.2 Å². The summed E-state index contributed by atoms with van der Waals surface area (Å²) in [6, 6.07) is 10.7. The summed E-state index contributed by atoms with van der Waals surface area (Å²) in [5.74, 6) is -0.862. The number of anilines is 1. The van der Waals surface area contributed by atoms with Crippen LogP contribution in [0.25, 0.3) is 0 Å². The van der Waals surface area contributed by atoms with Crippen molar-refractivity contribution in [3.63, 3.8) is 0 Å². The number of amides is 2. The van der Waals surface area contributed by atoms with E-state index in [1.807, 2.05) is 0 Å². The van der Waals surface area contributed by atoms with Crippen LogP contribution >= 0.6 is 34.8 Å². The number of nitrogens with zero attached hydrogens (tertiary/aromatic N) is 2. The summed E-state index contributed by atoms with van der Waals surface area (Å²) in [6.07, 6.45) is 4.88. The molecule has 3 rings (SSSR count). The second-order valence-electron chi connectivity index (χ2n) is 8.66. The lowest BCUT2D eigenvalue weighted by Gasteiger charge is -2.32. The average Bonchev–Trinajstić information content (AvgIpc) is 3.29. The predicted octanol–water partition coefficient (Wildman–Crippen LogP) is 4.89. The van der Waals surface area contributed by atoms with Gasteiger partial charge < -0.3 is 10.2 Å². The second-order valence-corrected chi connectivity index (χ2v) is 11.8. The van der Waals surface area contributed by atoms with Crippen LogP contribution in [0.2, 0.25) is 15.1 Å². The third kappa shape index (κ3) is 7.26. The molecule has 7 nitrogen and oxygen atoms in total. The topological polar surface area (TPSA) is 86.8 Å². The molecule has 0 heterocycles. The number of hydrogen-bond acceptors (Lipinski definition) is 4. The highest BCUT2D eigenvalue weighted by Gasteiger charge is 2.32. The van der Waals surface area contributed by atoms with Gasteiger partial charge in [0.05, 0.1) is 22.0 Å². The van der Waals surface area contributed by atoms with E-state index in [-0.39, 0.29) is 34.2 Å². The number of nitrogens with one attached hydrogen (secondary N) is 1. The third-order valence-corrected chi connectivity index (χ3v) is 8.16. The van der Waals surface area contributed by atoms with Crippen molar-refractivity contribution in [3.05, 3.63) is 63.1 Å². The van der Waals surface area contributed by atoms with Gasteiger partial charge in [-0.05, 0) is 49.6 Å². The molecule has 0 saturated heterocycles. The molecule has 11 heteroatoms. The molecule has 1 saturated carbocycles. The van der Waals surface area contributed by atoms with Gasteiger partial charge in [0.2, 0.25) is 21.8 Å². The molecule has 35 heavy (non-hydrogen) atoms. The number of hydrogen-bond donors (Lipinski definition) is 1. The number of rotatable bonds is 9. The van der Waals surface area contributed by atoms with E-state index >= 15 is 0 Å². The summed E-state index contributed by atoms with van der Waals surface area (Å²) < 4.78 is 26.2. The smallest absolute Gasteiger partial charge is 0.244 e. The molecular weight excluding hydrogens is 533 g/mol. The van der Waals surface area contributed by atoms with Gasteiger partial charge in [0.1, 0.15) is 12.6 Å². The van der Waals surface area contributed by atoms with Crippen LogP contribution in [-0.4, -0.2) is 50.0 Å². The molecule has 1 aliphatic rings. The highest BCUT2D eigenvalue weighted by Crippen LogP contribution is 2.33. The minimum Gasteiger partial charge on any atom is -0.352 e. The maximum Gasteiger partial charge on any atom is 0.244 e. The quantitative estimate of drug-likeness (QED) is 0.473. The van der Waals surface area contributed by atoms with E-state index < -0.39 is 28.5 Å². The molecule has 2 aromatic carbocycles. The molecule has 1 N–H and O–H groups in total. The van der Waals surface area contributed by atoms with Crippen molar-refractivity contribution >= 4 is 62.3 Å². The van der Waals surface area contributed by atoms with Crippen molar-refractivity contribution in [3.8, 4) is 0 Å². The van der Waals surface area contributed by atoms with Gasteiger partial charge in [-0.1, -0.05) is 65.8 Å². The normalized spacial score (nSPS) is 15.0. The number of carbonyl (C=O) groups excluding carboxylic acids is 2. The lowest BCUT2D eigenvalue weighted by atomic mass is 10.1. The first-order valence-electron chi connectivity index (χ1n) is 11.2. The van der Waals surface area contributed by atoms with E-state index in [0.717, 1.165) is 36.2 Å². The Morgan fingerprint density at radius 1 is 1.09 bits per heavy atom. The SMILES string of the molecule is CC(C(=O)NC1CCCC1)N(Cc1cccc(Cl)c1)C(=O)CN(c1cccc(Cl)c1Cl)S(C)(=O)=O. The molecule has 1 unspecified atom stereocenters. The van der Waals surface area contributed by atoms with Gasteiger partial charge in [-0.25, -0.2) is 8.42 Å². The van der Waals surface area contributed by atoms with Crippen molar-refractivity contribution in [2.24, 2.45) is 0 Å². The first-order valence-corrected chi connectivity index (χ1v) is 14.2. The molecule has 0 aromatic heterocycles. The zero-order valence-electron chi connectivity index (χ0n) is 19.5. The molecular formula is C24H28Cl3N3O4S. The fourth-order valence-electron chi connectivity index (χ4n) is 4.09. The van der Waals surface area contributed by atoms with Crippen LogP contribution in [-0.2, 0) is 26.2 Å². The summed E-state index contributed by atoms with van der Waals surface area (Å²) >= 11 is 18.5. The van der Waals surface area contributed by atoms with E-state index in [1.165, 1.54) is 17.0 Å². The molecule has 1 fully saturated rings. The lowest BCUT2D eigenvalue weighted by molar-refractivity contribution is -0.139. The highest BCUT2D eigenvalue weighted by atomic mass is 35.5. The van der Waals surface area contributed by atoms with Gasteiger partial charge in [-0.2, -0.15) is 0 Å². The predicted molar refractivity (Wildman–Crippen MR) is 141 cm³/mol. The minimum absolute atomic E-state index is 0.0146. The fourth-order valence-corrected chi connectivity index (χ4v) is 5.60. The van der Waals surface area contributed by atoms with Crippen molar-refractivity contribution < 1.29 is 18.0 Å². The number of halogens is 3. The zero-order valence-corrected chi connectivity index (χ0v) is 22.6. The van der Waals surface area contributed by atoms with Gasteiger partial charge in [-0.3, -0.25) is 13.9 Å². The maximum absolute atomic E-state index is 13.6. The molecule has 0 spiro atoms. The van der Waals surface area contributed by atoms with E-state index in [4.69, 9.17) is 34.8 Å². The summed E-state index contributed by atoms with van der Waals surface area (Å²) in [4.78, 5) is 28.0. The Morgan fingerprint density at radius 3 is 2.37 bits per heavy atom. The van der Waals surface area contributed by atoms with E-state index in [9.17, 15) is 18.0 Å². The lowest BCUT2D eigenvalue weighted by Crippen LogP contribution is -2.52. The largest absolute Gasteiger partial charge is 0.352 e. The van der Waals surface area contributed by atoms with Gasteiger partial charge in [0.25, 0.3) is 0 Å². The van der Waals surface area contributed by atoms with Crippen LogP contribution in [0.4, 0.5) is 5.69 Å². The zero-order chi connectivity index (χ0) is 25.8. The summed E-state index contributed by atoms with van der Waals surface area (Å²) in [6.45, 7) is 1.14. The Balaban J connectivity index is 1.91. The molecule has 2 amide bonds. The van der Waals surface area contributed by atoms with Crippen LogP contribution in [0.5, 0.6) is 0 Å².